The zero-order chi connectivity index (χ0) is 20.7. The number of hydrogen-bond donors (Lipinski definition) is 0. The van der Waals surface area contributed by atoms with Crippen LogP contribution in [0.25, 0.3) is 33.0 Å². The molecule has 1 aliphatic rings. The van der Waals surface area contributed by atoms with Crippen LogP contribution in [-0.2, 0) is 13.5 Å². The minimum absolute atomic E-state index is 0.167. The molecule has 0 unspecified atom stereocenters. The van der Waals surface area contributed by atoms with Crippen LogP contribution < -0.4 is 9.30 Å². The first-order chi connectivity index (χ1) is 13.6. The second-order valence-corrected chi connectivity index (χ2v) is 9.81. The first kappa shape index (κ1) is 18.2. The monoisotopic (exact) mass is 386 g/mol. The summed E-state index contributed by atoms with van der Waals surface area (Å²) < 4.78 is 15.1. The maximum Gasteiger partial charge on any atom is 0.260 e. The molecule has 0 atom stereocenters. The van der Waals surface area contributed by atoms with E-state index in [9.17, 15) is 0 Å². The van der Waals surface area contributed by atoms with E-state index in [2.05, 4.69) is 83.6 Å². The Kier molecular flexibility index (Phi) is 3.68. The predicted octanol–water partition coefficient (Wildman–Crippen LogP) is 6.70. The van der Waals surface area contributed by atoms with E-state index in [-0.39, 0.29) is 5.41 Å². The third-order valence-corrected chi connectivity index (χ3v) is 5.94. The lowest BCUT2D eigenvalue weighted by atomic mass is 9.89. The minimum atomic E-state index is 0.167. The Balaban J connectivity index is 1.87. The molecule has 0 fully saturated rings. The van der Waals surface area contributed by atoms with Gasteiger partial charge in [-0.05, 0) is 60.4 Å². The minimum Gasteiger partial charge on any atom is -0.457 e. The van der Waals surface area contributed by atoms with Gasteiger partial charge in [0.2, 0.25) is 5.75 Å². The van der Waals surface area contributed by atoms with E-state index < -0.39 is 0 Å². The Hall–Kier alpha value is -2.81. The van der Waals surface area contributed by atoms with Crippen molar-refractivity contribution in [1.29, 1.82) is 0 Å². The van der Waals surface area contributed by atoms with Crippen LogP contribution in [0.4, 0.5) is 0 Å². The van der Waals surface area contributed by atoms with Crippen molar-refractivity contribution in [2.45, 2.75) is 48.0 Å². The van der Waals surface area contributed by atoms with Gasteiger partial charge in [-0.25, -0.2) is 0 Å². The zero-order valence-electron chi connectivity index (χ0n) is 18.4. The fraction of sp³-hybridized carbons (Fsp3) is 0.346. The summed E-state index contributed by atoms with van der Waals surface area (Å²) in [6.45, 7) is 13.2. The van der Waals surface area contributed by atoms with Crippen LogP contribution >= 0.6 is 0 Å². The number of pyridine rings is 1. The summed E-state index contributed by atoms with van der Waals surface area (Å²) in [5, 5.41) is 3.52. The van der Waals surface area contributed by atoms with Crippen LogP contribution in [0.2, 0.25) is 0 Å². The molecule has 0 amide bonds. The molecule has 2 aromatic heterocycles. The summed E-state index contributed by atoms with van der Waals surface area (Å²) in [7, 11) is 2.10. The molecule has 3 heteroatoms. The van der Waals surface area contributed by atoms with Gasteiger partial charge in [0.05, 0.1) is 10.9 Å². The molecule has 148 valence electrons. The molecular weight excluding hydrogens is 358 g/mol. The van der Waals surface area contributed by atoms with Gasteiger partial charge in [-0.1, -0.05) is 32.9 Å². The Morgan fingerprint density at radius 2 is 1.72 bits per heavy atom. The third-order valence-electron chi connectivity index (χ3n) is 5.94. The standard InChI is InChI=1S/C26H28NO2/c1-14-8-17-10-15(2)16(3)21-22(17)20(9-14)29-25-23(21)27(7)13-18-11-19(28-24(18)25)12-26(4,5)6/h8-11,13H,12H2,1-7H3/q+1. The van der Waals surface area contributed by atoms with Crippen molar-refractivity contribution < 1.29 is 13.7 Å². The third kappa shape index (κ3) is 2.75. The van der Waals surface area contributed by atoms with Gasteiger partial charge in [-0.15, -0.1) is 0 Å². The van der Waals surface area contributed by atoms with E-state index in [0.29, 0.717) is 0 Å². The number of aryl methyl sites for hydroxylation is 3. The van der Waals surface area contributed by atoms with E-state index in [1.165, 1.54) is 33.0 Å². The molecule has 3 nitrogen and oxygen atoms in total. The lowest BCUT2D eigenvalue weighted by molar-refractivity contribution is -0.659. The Morgan fingerprint density at radius 1 is 0.966 bits per heavy atom. The number of rotatable bonds is 1. The maximum atomic E-state index is 6.55. The second-order valence-electron chi connectivity index (χ2n) is 9.81. The van der Waals surface area contributed by atoms with E-state index in [1.54, 1.807) is 0 Å². The summed E-state index contributed by atoms with van der Waals surface area (Å²) in [5.41, 5.74) is 7.16. The van der Waals surface area contributed by atoms with Gasteiger partial charge < -0.3 is 9.15 Å². The molecular formula is C26H28NO2+. The van der Waals surface area contributed by atoms with Crippen LogP contribution in [0.1, 0.15) is 43.2 Å². The van der Waals surface area contributed by atoms with E-state index in [0.717, 1.165) is 40.3 Å². The van der Waals surface area contributed by atoms with Crippen LogP contribution in [0.15, 0.2) is 34.9 Å². The number of hydrogen-bond acceptors (Lipinski definition) is 2. The molecule has 0 spiro atoms. The van der Waals surface area contributed by atoms with Crippen LogP contribution in [0.5, 0.6) is 11.5 Å². The predicted molar refractivity (Wildman–Crippen MR) is 118 cm³/mol. The molecule has 5 rings (SSSR count). The smallest absolute Gasteiger partial charge is 0.260 e. The van der Waals surface area contributed by atoms with E-state index >= 15 is 0 Å². The van der Waals surface area contributed by atoms with Gasteiger partial charge in [0.15, 0.2) is 11.8 Å². The number of ether oxygens (including phenoxy) is 1. The van der Waals surface area contributed by atoms with Crippen molar-refractivity contribution in [1.82, 2.24) is 0 Å². The number of fused-ring (bicyclic) bond motifs is 4. The van der Waals surface area contributed by atoms with Crippen LogP contribution in [0, 0.1) is 26.2 Å². The van der Waals surface area contributed by atoms with Crippen molar-refractivity contribution in [2.75, 3.05) is 0 Å². The largest absolute Gasteiger partial charge is 0.457 e. The Bertz CT molecular complexity index is 1320. The van der Waals surface area contributed by atoms with Crippen molar-refractivity contribution in [3.05, 3.63) is 52.9 Å². The average molecular weight is 387 g/mol. The highest BCUT2D eigenvalue weighted by atomic mass is 16.5. The summed E-state index contributed by atoms with van der Waals surface area (Å²) in [6, 6.07) is 8.82. The Labute approximate surface area is 171 Å². The molecule has 29 heavy (non-hydrogen) atoms. The molecule has 0 saturated heterocycles. The molecule has 0 bridgehead atoms. The van der Waals surface area contributed by atoms with Gasteiger partial charge in [-0.3, -0.25) is 0 Å². The van der Waals surface area contributed by atoms with Crippen molar-refractivity contribution in [2.24, 2.45) is 12.5 Å². The van der Waals surface area contributed by atoms with E-state index in [1.807, 2.05) is 0 Å². The normalized spacial score (nSPS) is 13.1. The number of aromatic nitrogens is 1. The first-order valence-electron chi connectivity index (χ1n) is 10.3. The lowest BCUT2D eigenvalue weighted by Gasteiger charge is -2.22. The lowest BCUT2D eigenvalue weighted by Crippen LogP contribution is -2.32. The van der Waals surface area contributed by atoms with Gasteiger partial charge in [-0.2, -0.15) is 4.57 Å². The van der Waals surface area contributed by atoms with Gasteiger partial charge in [0.25, 0.3) is 5.69 Å². The molecule has 1 aliphatic heterocycles. The summed E-state index contributed by atoms with van der Waals surface area (Å²) in [4.78, 5) is 0. The SMILES string of the molecule is Cc1cc2c3c(c(C)c(C)cc3c1)-c1c(c3oc(CC(C)(C)C)cc3c[n+]1C)O2. The van der Waals surface area contributed by atoms with Crippen molar-refractivity contribution >= 4 is 21.7 Å². The number of furan rings is 1. The highest BCUT2D eigenvalue weighted by Crippen LogP contribution is 2.50. The van der Waals surface area contributed by atoms with E-state index in [4.69, 9.17) is 9.15 Å². The van der Waals surface area contributed by atoms with Crippen molar-refractivity contribution in [3.8, 4) is 22.8 Å². The topological polar surface area (TPSA) is 26.2 Å². The molecule has 2 aromatic carbocycles. The fourth-order valence-electron chi connectivity index (χ4n) is 4.64. The quantitative estimate of drug-likeness (QED) is 0.300. The first-order valence-corrected chi connectivity index (χ1v) is 10.3. The fourth-order valence-corrected chi connectivity index (χ4v) is 4.64. The maximum absolute atomic E-state index is 6.55. The Morgan fingerprint density at radius 3 is 2.45 bits per heavy atom. The molecule has 0 radical (unpaired) electrons. The highest BCUT2D eigenvalue weighted by molar-refractivity contribution is 6.07. The molecule has 3 heterocycles. The summed E-state index contributed by atoms with van der Waals surface area (Å²) in [5.74, 6) is 2.76. The number of nitrogens with zero attached hydrogens (tertiary/aromatic N) is 1. The van der Waals surface area contributed by atoms with Gasteiger partial charge >= 0.3 is 0 Å². The van der Waals surface area contributed by atoms with Gasteiger partial charge in [0, 0.05) is 11.8 Å². The summed E-state index contributed by atoms with van der Waals surface area (Å²) >= 11 is 0. The van der Waals surface area contributed by atoms with Gasteiger partial charge in [0.1, 0.15) is 18.6 Å². The zero-order valence-corrected chi connectivity index (χ0v) is 18.4. The highest BCUT2D eigenvalue weighted by Gasteiger charge is 2.34. The molecule has 0 aliphatic carbocycles. The van der Waals surface area contributed by atoms with Crippen LogP contribution in [0.3, 0.4) is 0 Å². The second kappa shape index (κ2) is 5.85. The molecule has 0 N–H and O–H groups in total. The molecule has 4 aromatic rings. The molecule has 0 saturated carbocycles. The van der Waals surface area contributed by atoms with Crippen molar-refractivity contribution in [3.63, 3.8) is 0 Å². The summed E-state index contributed by atoms with van der Waals surface area (Å²) in [6.07, 6.45) is 3.06. The van der Waals surface area contributed by atoms with Crippen LogP contribution in [-0.4, -0.2) is 0 Å². The average Bonchev–Trinajstić information content (AvgIpc) is 2.98. The number of benzene rings is 2.